The van der Waals surface area contributed by atoms with Crippen LogP contribution in [0.15, 0.2) is 10.6 Å². The SMILES string of the molecule is Cc1cc(CNC2CCC(C)CC2)no1. The molecule has 15 heavy (non-hydrogen) atoms. The number of hydrogen-bond acceptors (Lipinski definition) is 3. The van der Waals surface area contributed by atoms with Gasteiger partial charge in [-0.3, -0.25) is 0 Å². The van der Waals surface area contributed by atoms with E-state index in [1.807, 2.05) is 13.0 Å². The summed E-state index contributed by atoms with van der Waals surface area (Å²) in [6.45, 7) is 5.12. The Balaban J connectivity index is 1.74. The zero-order valence-electron chi connectivity index (χ0n) is 9.62. The van der Waals surface area contributed by atoms with Crippen LogP contribution >= 0.6 is 0 Å². The third-order valence-corrected chi connectivity index (χ3v) is 3.26. The normalized spacial score (nSPS) is 26.8. The number of aryl methyl sites for hydroxylation is 1. The number of hydrogen-bond donors (Lipinski definition) is 1. The second-order valence-electron chi connectivity index (χ2n) is 4.77. The zero-order valence-corrected chi connectivity index (χ0v) is 9.62. The molecule has 1 aromatic heterocycles. The minimum Gasteiger partial charge on any atom is -0.361 e. The Morgan fingerprint density at radius 3 is 2.73 bits per heavy atom. The van der Waals surface area contributed by atoms with E-state index in [0.717, 1.165) is 23.9 Å². The Kier molecular flexibility index (Phi) is 3.41. The topological polar surface area (TPSA) is 38.1 Å². The van der Waals surface area contributed by atoms with Crippen molar-refractivity contribution >= 4 is 0 Å². The highest BCUT2D eigenvalue weighted by molar-refractivity contribution is 5.03. The van der Waals surface area contributed by atoms with E-state index in [0.29, 0.717) is 6.04 Å². The number of aromatic nitrogens is 1. The highest BCUT2D eigenvalue weighted by atomic mass is 16.5. The van der Waals surface area contributed by atoms with Gasteiger partial charge < -0.3 is 9.84 Å². The van der Waals surface area contributed by atoms with E-state index in [9.17, 15) is 0 Å². The molecule has 0 aliphatic heterocycles. The summed E-state index contributed by atoms with van der Waals surface area (Å²) < 4.78 is 5.03. The lowest BCUT2D eigenvalue weighted by atomic mass is 9.87. The molecule has 0 saturated heterocycles. The van der Waals surface area contributed by atoms with E-state index in [-0.39, 0.29) is 0 Å². The van der Waals surface area contributed by atoms with Gasteiger partial charge in [-0.25, -0.2) is 0 Å². The van der Waals surface area contributed by atoms with E-state index in [4.69, 9.17) is 4.52 Å². The first-order valence-electron chi connectivity index (χ1n) is 5.89. The van der Waals surface area contributed by atoms with Gasteiger partial charge in [0.1, 0.15) is 5.76 Å². The Hall–Kier alpha value is -0.830. The molecule has 1 N–H and O–H groups in total. The molecule has 84 valence electrons. The second kappa shape index (κ2) is 4.79. The van der Waals surface area contributed by atoms with Crippen LogP contribution in [0.2, 0.25) is 0 Å². The summed E-state index contributed by atoms with van der Waals surface area (Å²) in [4.78, 5) is 0. The second-order valence-corrected chi connectivity index (χ2v) is 4.77. The standard InChI is InChI=1S/C12H20N2O/c1-9-3-5-11(6-4-9)13-8-12-7-10(2)15-14-12/h7,9,11,13H,3-6,8H2,1-2H3. The van der Waals surface area contributed by atoms with Crippen LogP contribution in [0.5, 0.6) is 0 Å². The Labute approximate surface area is 91.2 Å². The molecule has 1 fully saturated rings. The largest absolute Gasteiger partial charge is 0.361 e. The fourth-order valence-corrected chi connectivity index (χ4v) is 2.21. The third-order valence-electron chi connectivity index (χ3n) is 3.26. The number of nitrogens with one attached hydrogen (secondary N) is 1. The van der Waals surface area contributed by atoms with Gasteiger partial charge >= 0.3 is 0 Å². The lowest BCUT2D eigenvalue weighted by Gasteiger charge is -2.26. The van der Waals surface area contributed by atoms with Gasteiger partial charge in [0.05, 0.1) is 5.69 Å². The highest BCUT2D eigenvalue weighted by Crippen LogP contribution is 2.23. The van der Waals surface area contributed by atoms with Crippen LogP contribution < -0.4 is 5.32 Å². The number of nitrogens with zero attached hydrogens (tertiary/aromatic N) is 1. The van der Waals surface area contributed by atoms with Gasteiger partial charge in [0.15, 0.2) is 0 Å². The monoisotopic (exact) mass is 208 g/mol. The van der Waals surface area contributed by atoms with Gasteiger partial charge in [0.2, 0.25) is 0 Å². The van der Waals surface area contributed by atoms with Crippen molar-refractivity contribution in [3.8, 4) is 0 Å². The lowest BCUT2D eigenvalue weighted by Crippen LogP contribution is -2.32. The van der Waals surface area contributed by atoms with Crippen molar-refractivity contribution in [3.63, 3.8) is 0 Å². The van der Waals surface area contributed by atoms with Crippen LogP contribution in [0, 0.1) is 12.8 Å². The molecule has 0 amide bonds. The van der Waals surface area contributed by atoms with Gasteiger partial charge in [0, 0.05) is 18.7 Å². The fraction of sp³-hybridized carbons (Fsp3) is 0.750. The molecule has 0 radical (unpaired) electrons. The smallest absolute Gasteiger partial charge is 0.133 e. The molecule has 1 aromatic rings. The average molecular weight is 208 g/mol. The molecule has 1 aliphatic carbocycles. The molecule has 0 unspecified atom stereocenters. The number of rotatable bonds is 3. The minimum absolute atomic E-state index is 0.679. The molecule has 0 atom stereocenters. The molecule has 2 rings (SSSR count). The summed E-state index contributed by atoms with van der Waals surface area (Å²) in [5.41, 5.74) is 1.02. The van der Waals surface area contributed by atoms with Crippen LogP contribution in [-0.2, 0) is 6.54 Å². The van der Waals surface area contributed by atoms with E-state index < -0.39 is 0 Å². The van der Waals surface area contributed by atoms with Crippen molar-refractivity contribution in [1.29, 1.82) is 0 Å². The molecular formula is C12H20N2O. The van der Waals surface area contributed by atoms with Crippen LogP contribution in [0.3, 0.4) is 0 Å². The van der Waals surface area contributed by atoms with Crippen LogP contribution in [-0.4, -0.2) is 11.2 Å². The van der Waals surface area contributed by atoms with Gasteiger partial charge in [-0.15, -0.1) is 0 Å². The van der Waals surface area contributed by atoms with Crippen molar-refractivity contribution in [2.45, 2.75) is 52.1 Å². The summed E-state index contributed by atoms with van der Waals surface area (Å²) in [5, 5.41) is 7.53. The maximum absolute atomic E-state index is 5.03. The average Bonchev–Trinajstić information content (AvgIpc) is 2.64. The van der Waals surface area contributed by atoms with Crippen molar-refractivity contribution in [1.82, 2.24) is 10.5 Å². The first-order chi connectivity index (χ1) is 7.24. The summed E-state index contributed by atoms with van der Waals surface area (Å²) in [7, 11) is 0. The minimum atomic E-state index is 0.679. The van der Waals surface area contributed by atoms with Crippen molar-refractivity contribution < 1.29 is 4.52 Å². The van der Waals surface area contributed by atoms with Gasteiger partial charge in [-0.2, -0.15) is 0 Å². The third kappa shape index (κ3) is 3.06. The van der Waals surface area contributed by atoms with E-state index >= 15 is 0 Å². The summed E-state index contributed by atoms with van der Waals surface area (Å²) in [6.07, 6.45) is 5.32. The first kappa shape index (κ1) is 10.7. The Morgan fingerprint density at radius 2 is 2.13 bits per heavy atom. The molecule has 0 bridgehead atoms. The van der Waals surface area contributed by atoms with Gasteiger partial charge in [-0.1, -0.05) is 12.1 Å². The van der Waals surface area contributed by atoms with Crippen molar-refractivity contribution in [3.05, 3.63) is 17.5 Å². The van der Waals surface area contributed by atoms with Crippen LogP contribution in [0.25, 0.3) is 0 Å². The van der Waals surface area contributed by atoms with E-state index in [1.54, 1.807) is 0 Å². The Morgan fingerprint density at radius 1 is 1.40 bits per heavy atom. The molecule has 0 aromatic carbocycles. The van der Waals surface area contributed by atoms with Gasteiger partial charge in [0.25, 0.3) is 0 Å². The molecule has 1 saturated carbocycles. The molecule has 3 heteroatoms. The van der Waals surface area contributed by atoms with Crippen LogP contribution in [0.4, 0.5) is 0 Å². The van der Waals surface area contributed by atoms with Gasteiger partial charge in [-0.05, 0) is 38.5 Å². The van der Waals surface area contributed by atoms with Crippen molar-refractivity contribution in [2.24, 2.45) is 5.92 Å². The lowest BCUT2D eigenvalue weighted by molar-refractivity contribution is 0.303. The quantitative estimate of drug-likeness (QED) is 0.829. The zero-order chi connectivity index (χ0) is 10.7. The summed E-state index contributed by atoms with van der Waals surface area (Å²) in [6, 6.07) is 2.68. The van der Waals surface area contributed by atoms with E-state index in [2.05, 4.69) is 17.4 Å². The van der Waals surface area contributed by atoms with Crippen molar-refractivity contribution in [2.75, 3.05) is 0 Å². The Bertz CT molecular complexity index is 300. The molecule has 1 heterocycles. The molecule has 3 nitrogen and oxygen atoms in total. The maximum Gasteiger partial charge on any atom is 0.133 e. The predicted molar refractivity (Wildman–Crippen MR) is 59.5 cm³/mol. The molecular weight excluding hydrogens is 188 g/mol. The highest BCUT2D eigenvalue weighted by Gasteiger charge is 2.17. The molecule has 1 aliphatic rings. The first-order valence-corrected chi connectivity index (χ1v) is 5.89. The fourth-order valence-electron chi connectivity index (χ4n) is 2.21. The summed E-state index contributed by atoms with van der Waals surface area (Å²) >= 11 is 0. The summed E-state index contributed by atoms with van der Waals surface area (Å²) in [5.74, 6) is 1.81. The predicted octanol–water partition coefficient (Wildman–Crippen LogP) is 2.65. The molecule has 0 spiro atoms. The maximum atomic E-state index is 5.03. The van der Waals surface area contributed by atoms with Crippen LogP contribution in [0.1, 0.15) is 44.1 Å². The van der Waals surface area contributed by atoms with E-state index in [1.165, 1.54) is 25.7 Å².